The van der Waals surface area contributed by atoms with Crippen molar-refractivity contribution >= 4 is 46.9 Å². The minimum atomic E-state index is -0.139. The summed E-state index contributed by atoms with van der Waals surface area (Å²) in [6, 6.07) is 10.9. The van der Waals surface area contributed by atoms with Crippen LogP contribution in [-0.4, -0.2) is 24.9 Å². The summed E-state index contributed by atoms with van der Waals surface area (Å²) < 4.78 is 0. The number of hydrogen-bond donors (Lipinski definition) is 3. The second kappa shape index (κ2) is 8.82. The number of piperidine rings is 1. The normalized spacial score (nSPS) is 16.8. The van der Waals surface area contributed by atoms with E-state index in [4.69, 9.17) is 0 Å². The quantitative estimate of drug-likeness (QED) is 0.778. The Morgan fingerprint density at radius 2 is 1.92 bits per heavy atom. The molecule has 1 aliphatic heterocycles. The summed E-state index contributed by atoms with van der Waals surface area (Å²) in [5, 5.41) is 10.9. The predicted molar refractivity (Wildman–Crippen MR) is 100 cm³/mol. The van der Waals surface area contributed by atoms with Gasteiger partial charge < -0.3 is 16.0 Å². The molecule has 7 heteroatoms. The van der Waals surface area contributed by atoms with Crippen molar-refractivity contribution in [2.75, 3.05) is 23.7 Å². The van der Waals surface area contributed by atoms with Crippen molar-refractivity contribution in [2.45, 2.75) is 12.8 Å². The standard InChI is InChI=1S/C17H19N3O2S.ClH/c21-16(12-4-2-8-18-11-12)19-13-5-1-6-14(10-13)20-17(22)15-7-3-9-23-15;/h1,3,5-7,9-10,12,18H,2,4,8,11H2,(H,19,21)(H,20,22);1H/t12-;/m1./s1. The fraction of sp³-hybridized carbons (Fsp3) is 0.294. The zero-order valence-corrected chi connectivity index (χ0v) is 14.7. The average Bonchev–Trinajstić information content (AvgIpc) is 3.10. The highest BCUT2D eigenvalue weighted by molar-refractivity contribution is 7.12. The average molecular weight is 366 g/mol. The Balaban J connectivity index is 0.00000208. The van der Waals surface area contributed by atoms with Gasteiger partial charge in [0.15, 0.2) is 0 Å². The highest BCUT2D eigenvalue weighted by Crippen LogP contribution is 2.19. The Kier molecular flexibility index (Phi) is 6.78. The molecule has 0 aliphatic carbocycles. The fourth-order valence-corrected chi connectivity index (χ4v) is 3.21. The van der Waals surface area contributed by atoms with Gasteiger partial charge in [0.1, 0.15) is 0 Å². The van der Waals surface area contributed by atoms with Crippen LogP contribution in [0.2, 0.25) is 0 Å². The topological polar surface area (TPSA) is 70.2 Å². The first-order valence-electron chi connectivity index (χ1n) is 7.69. The van der Waals surface area contributed by atoms with E-state index < -0.39 is 0 Å². The van der Waals surface area contributed by atoms with E-state index in [1.165, 1.54) is 11.3 Å². The van der Waals surface area contributed by atoms with Gasteiger partial charge in [-0.15, -0.1) is 23.7 Å². The molecule has 1 saturated heterocycles. The third kappa shape index (κ3) is 4.80. The van der Waals surface area contributed by atoms with E-state index in [9.17, 15) is 9.59 Å². The van der Waals surface area contributed by atoms with Crippen molar-refractivity contribution in [3.8, 4) is 0 Å². The highest BCUT2D eigenvalue weighted by Gasteiger charge is 2.20. The Morgan fingerprint density at radius 3 is 2.58 bits per heavy atom. The molecule has 128 valence electrons. The van der Waals surface area contributed by atoms with Crippen LogP contribution in [0.3, 0.4) is 0 Å². The van der Waals surface area contributed by atoms with Crippen molar-refractivity contribution < 1.29 is 9.59 Å². The molecule has 24 heavy (non-hydrogen) atoms. The molecule has 1 aliphatic rings. The maximum Gasteiger partial charge on any atom is 0.265 e. The molecule has 3 N–H and O–H groups in total. The van der Waals surface area contributed by atoms with Gasteiger partial charge in [-0.3, -0.25) is 9.59 Å². The molecule has 2 heterocycles. The van der Waals surface area contributed by atoms with Gasteiger partial charge >= 0.3 is 0 Å². The van der Waals surface area contributed by atoms with Crippen molar-refractivity contribution in [2.24, 2.45) is 5.92 Å². The van der Waals surface area contributed by atoms with Crippen molar-refractivity contribution in [1.29, 1.82) is 0 Å². The Bertz CT molecular complexity index is 685. The molecule has 0 unspecified atom stereocenters. The largest absolute Gasteiger partial charge is 0.326 e. The molecular weight excluding hydrogens is 346 g/mol. The lowest BCUT2D eigenvalue weighted by Crippen LogP contribution is -2.37. The molecule has 0 saturated carbocycles. The molecule has 0 spiro atoms. The van der Waals surface area contributed by atoms with Crippen LogP contribution in [0, 0.1) is 5.92 Å². The monoisotopic (exact) mass is 365 g/mol. The van der Waals surface area contributed by atoms with Gasteiger partial charge in [-0.2, -0.15) is 0 Å². The lowest BCUT2D eigenvalue weighted by Gasteiger charge is -2.22. The smallest absolute Gasteiger partial charge is 0.265 e. The maximum absolute atomic E-state index is 12.3. The summed E-state index contributed by atoms with van der Waals surface area (Å²) in [7, 11) is 0. The van der Waals surface area contributed by atoms with E-state index in [1.807, 2.05) is 29.6 Å². The van der Waals surface area contributed by atoms with Crippen LogP contribution in [-0.2, 0) is 4.79 Å². The first-order chi connectivity index (χ1) is 11.2. The molecule has 2 aromatic rings. The van der Waals surface area contributed by atoms with Crippen LogP contribution < -0.4 is 16.0 Å². The Labute approximate surface area is 151 Å². The summed E-state index contributed by atoms with van der Waals surface area (Å²) >= 11 is 1.40. The van der Waals surface area contributed by atoms with Crippen molar-refractivity contribution in [3.63, 3.8) is 0 Å². The van der Waals surface area contributed by atoms with E-state index in [-0.39, 0.29) is 30.1 Å². The second-order valence-electron chi connectivity index (χ2n) is 5.54. The van der Waals surface area contributed by atoms with E-state index in [2.05, 4.69) is 16.0 Å². The molecule has 3 rings (SSSR count). The number of thiophene rings is 1. The number of anilines is 2. The summed E-state index contributed by atoms with van der Waals surface area (Å²) in [5.41, 5.74) is 1.37. The van der Waals surface area contributed by atoms with Crippen LogP contribution in [0.25, 0.3) is 0 Å². The minimum Gasteiger partial charge on any atom is -0.326 e. The van der Waals surface area contributed by atoms with Gasteiger partial charge in [-0.1, -0.05) is 12.1 Å². The van der Waals surface area contributed by atoms with Gasteiger partial charge in [0.25, 0.3) is 5.91 Å². The summed E-state index contributed by atoms with van der Waals surface area (Å²) in [5.74, 6) is -0.105. The predicted octanol–water partition coefficient (Wildman–Crippen LogP) is 3.36. The lowest BCUT2D eigenvalue weighted by molar-refractivity contribution is -0.120. The van der Waals surface area contributed by atoms with E-state index in [0.717, 1.165) is 25.9 Å². The number of hydrogen-bond acceptors (Lipinski definition) is 4. The number of rotatable bonds is 4. The first kappa shape index (κ1) is 18.4. The number of benzene rings is 1. The van der Waals surface area contributed by atoms with Gasteiger partial charge in [0.2, 0.25) is 5.91 Å². The summed E-state index contributed by atoms with van der Waals surface area (Å²) in [6.45, 7) is 1.70. The zero-order valence-electron chi connectivity index (χ0n) is 13.1. The third-order valence-corrected chi connectivity index (χ3v) is 4.67. The molecule has 0 radical (unpaired) electrons. The Morgan fingerprint density at radius 1 is 1.12 bits per heavy atom. The van der Waals surface area contributed by atoms with Crippen molar-refractivity contribution in [1.82, 2.24) is 5.32 Å². The first-order valence-corrected chi connectivity index (χ1v) is 8.57. The lowest BCUT2D eigenvalue weighted by atomic mass is 9.99. The number of amides is 2. The fourth-order valence-electron chi connectivity index (χ4n) is 2.60. The Hall–Kier alpha value is -1.89. The summed E-state index contributed by atoms with van der Waals surface area (Å²) in [6.07, 6.45) is 1.93. The molecule has 2 amide bonds. The molecule has 1 atom stereocenters. The van der Waals surface area contributed by atoms with Gasteiger partial charge in [0, 0.05) is 17.9 Å². The van der Waals surface area contributed by atoms with E-state index in [1.54, 1.807) is 12.1 Å². The number of nitrogens with one attached hydrogen (secondary N) is 3. The van der Waals surface area contributed by atoms with Crippen molar-refractivity contribution in [3.05, 3.63) is 46.7 Å². The molecule has 1 fully saturated rings. The van der Waals surface area contributed by atoms with Crippen LogP contribution in [0.5, 0.6) is 0 Å². The van der Waals surface area contributed by atoms with Gasteiger partial charge in [0.05, 0.1) is 10.8 Å². The third-order valence-electron chi connectivity index (χ3n) is 3.80. The zero-order chi connectivity index (χ0) is 16.1. The van der Waals surface area contributed by atoms with E-state index in [0.29, 0.717) is 16.3 Å². The molecular formula is C17H20ClN3O2S. The van der Waals surface area contributed by atoms with Crippen LogP contribution in [0.15, 0.2) is 41.8 Å². The number of carbonyl (C=O) groups is 2. The second-order valence-corrected chi connectivity index (χ2v) is 6.49. The molecule has 1 aromatic carbocycles. The minimum absolute atomic E-state index is 0. The molecule has 0 bridgehead atoms. The maximum atomic E-state index is 12.3. The van der Waals surface area contributed by atoms with Gasteiger partial charge in [-0.25, -0.2) is 0 Å². The molecule has 1 aromatic heterocycles. The highest BCUT2D eigenvalue weighted by atomic mass is 35.5. The SMILES string of the molecule is Cl.O=C(Nc1cccc(NC(=O)[C@@H]2CCCNC2)c1)c1cccs1. The molecule has 5 nitrogen and oxygen atoms in total. The summed E-state index contributed by atoms with van der Waals surface area (Å²) in [4.78, 5) is 25.0. The number of halogens is 1. The number of carbonyl (C=O) groups excluding carboxylic acids is 2. The van der Waals surface area contributed by atoms with Gasteiger partial charge in [-0.05, 0) is 49.0 Å². The van der Waals surface area contributed by atoms with Crippen LogP contribution >= 0.6 is 23.7 Å². The van der Waals surface area contributed by atoms with E-state index >= 15 is 0 Å². The van der Waals surface area contributed by atoms with Crippen LogP contribution in [0.4, 0.5) is 11.4 Å². The van der Waals surface area contributed by atoms with Crippen LogP contribution in [0.1, 0.15) is 22.5 Å².